The predicted octanol–water partition coefficient (Wildman–Crippen LogP) is 2.10. The Morgan fingerprint density at radius 1 is 1.00 bits per heavy atom. The molecule has 160 valence electrons. The maximum atomic E-state index is 11.7. The number of nitrogens with zero attached hydrogens (tertiary/aromatic N) is 1. The lowest BCUT2D eigenvalue weighted by molar-refractivity contribution is -0.144. The van der Waals surface area contributed by atoms with Gasteiger partial charge in [-0.15, -0.1) is 0 Å². The molecule has 0 unspecified atom stereocenters. The van der Waals surface area contributed by atoms with Gasteiger partial charge in [0, 0.05) is 19.9 Å². The second-order valence-electron chi connectivity index (χ2n) is 6.18. The lowest BCUT2D eigenvalue weighted by atomic mass is 10.1. The van der Waals surface area contributed by atoms with E-state index in [0.717, 1.165) is 6.42 Å². The van der Waals surface area contributed by atoms with Crippen LogP contribution in [0.4, 0.5) is 4.79 Å². The smallest absolute Gasteiger partial charge is 0.413 e. The fourth-order valence-electron chi connectivity index (χ4n) is 2.27. The van der Waals surface area contributed by atoms with Crippen LogP contribution in [0.1, 0.15) is 31.7 Å². The predicted molar refractivity (Wildman–Crippen MR) is 106 cm³/mol. The van der Waals surface area contributed by atoms with Crippen LogP contribution in [0.15, 0.2) is 30.3 Å². The number of rotatable bonds is 11. The van der Waals surface area contributed by atoms with Gasteiger partial charge in [0.05, 0.1) is 19.8 Å². The molecule has 1 rings (SSSR count). The van der Waals surface area contributed by atoms with Gasteiger partial charge in [-0.2, -0.15) is 0 Å². The van der Waals surface area contributed by atoms with Crippen molar-refractivity contribution in [1.29, 1.82) is 5.41 Å². The average molecular weight is 407 g/mol. The molecule has 1 aromatic carbocycles. The normalized spacial score (nSPS) is 10.0. The standard InChI is InChI=1S/C20H29N3O6/c1-3-27-18(25)15-23(2)19(21)22-20(26)29-14-8-13-28-17(24)12-7-11-16-9-5-4-6-10-16/h4-6,9-10H,3,7-8,11-15H2,1-2H3,(H2,21,22,26). The van der Waals surface area contributed by atoms with Crippen LogP contribution in [0.25, 0.3) is 0 Å². The molecule has 0 heterocycles. The van der Waals surface area contributed by atoms with Crippen molar-refractivity contribution in [3.05, 3.63) is 35.9 Å². The van der Waals surface area contributed by atoms with Crippen LogP contribution in [0.3, 0.4) is 0 Å². The number of aryl methyl sites for hydroxylation is 1. The van der Waals surface area contributed by atoms with Gasteiger partial charge in [0.2, 0.25) is 5.96 Å². The van der Waals surface area contributed by atoms with Crippen molar-refractivity contribution < 1.29 is 28.6 Å². The molecule has 29 heavy (non-hydrogen) atoms. The first kappa shape index (κ1) is 23.9. The Labute approximate surface area is 170 Å². The number of nitrogens with one attached hydrogen (secondary N) is 2. The summed E-state index contributed by atoms with van der Waals surface area (Å²) in [6.45, 7) is 1.96. The second-order valence-corrected chi connectivity index (χ2v) is 6.18. The van der Waals surface area contributed by atoms with E-state index in [-0.39, 0.29) is 38.3 Å². The molecule has 0 fully saturated rings. The molecule has 0 aliphatic rings. The summed E-state index contributed by atoms with van der Waals surface area (Å²) in [6.07, 6.45) is 1.39. The number of alkyl carbamates (subject to hydrolysis) is 1. The fourth-order valence-corrected chi connectivity index (χ4v) is 2.27. The Morgan fingerprint density at radius 2 is 1.69 bits per heavy atom. The van der Waals surface area contributed by atoms with E-state index in [1.807, 2.05) is 30.3 Å². The van der Waals surface area contributed by atoms with Crippen molar-refractivity contribution in [3.63, 3.8) is 0 Å². The van der Waals surface area contributed by atoms with Gasteiger partial charge in [0.25, 0.3) is 0 Å². The molecule has 1 aromatic rings. The highest BCUT2D eigenvalue weighted by Gasteiger charge is 2.13. The van der Waals surface area contributed by atoms with Gasteiger partial charge >= 0.3 is 18.0 Å². The molecule has 0 bridgehead atoms. The Kier molecular flexibility index (Phi) is 11.5. The molecule has 0 saturated carbocycles. The SMILES string of the molecule is CCOC(=O)CN(C)C(=N)NC(=O)OCCCOC(=O)CCCc1ccccc1. The third-order valence-electron chi connectivity index (χ3n) is 3.75. The lowest BCUT2D eigenvalue weighted by Crippen LogP contribution is -2.44. The van der Waals surface area contributed by atoms with Crippen LogP contribution >= 0.6 is 0 Å². The maximum absolute atomic E-state index is 11.7. The molecule has 2 N–H and O–H groups in total. The zero-order valence-corrected chi connectivity index (χ0v) is 16.9. The van der Waals surface area contributed by atoms with Gasteiger partial charge in [-0.05, 0) is 25.3 Å². The van der Waals surface area contributed by atoms with E-state index in [4.69, 9.17) is 19.6 Å². The number of benzene rings is 1. The monoisotopic (exact) mass is 407 g/mol. The van der Waals surface area contributed by atoms with Crippen LogP contribution < -0.4 is 5.32 Å². The molecule has 0 radical (unpaired) electrons. The minimum Gasteiger partial charge on any atom is -0.466 e. The van der Waals surface area contributed by atoms with E-state index >= 15 is 0 Å². The summed E-state index contributed by atoms with van der Waals surface area (Å²) in [5.74, 6) is -1.07. The first-order valence-electron chi connectivity index (χ1n) is 9.51. The van der Waals surface area contributed by atoms with Gasteiger partial charge in [0.15, 0.2) is 0 Å². The maximum Gasteiger partial charge on any atom is 0.413 e. The quantitative estimate of drug-likeness (QED) is 0.190. The molecule has 0 atom stereocenters. The Morgan fingerprint density at radius 3 is 2.38 bits per heavy atom. The average Bonchev–Trinajstić information content (AvgIpc) is 2.68. The van der Waals surface area contributed by atoms with Crippen LogP contribution in [0.2, 0.25) is 0 Å². The molecular weight excluding hydrogens is 378 g/mol. The Hall–Kier alpha value is -3.10. The van der Waals surface area contributed by atoms with E-state index in [9.17, 15) is 14.4 Å². The van der Waals surface area contributed by atoms with Crippen LogP contribution in [0, 0.1) is 5.41 Å². The van der Waals surface area contributed by atoms with Crippen molar-refractivity contribution in [2.24, 2.45) is 0 Å². The van der Waals surface area contributed by atoms with E-state index < -0.39 is 12.1 Å². The molecule has 0 aromatic heterocycles. The van der Waals surface area contributed by atoms with Crippen molar-refractivity contribution in [2.45, 2.75) is 32.6 Å². The largest absolute Gasteiger partial charge is 0.466 e. The highest BCUT2D eigenvalue weighted by molar-refractivity contribution is 5.93. The number of hydrogen-bond donors (Lipinski definition) is 2. The highest BCUT2D eigenvalue weighted by atomic mass is 16.6. The van der Waals surface area contributed by atoms with E-state index in [1.165, 1.54) is 17.5 Å². The summed E-state index contributed by atoms with van der Waals surface area (Å²) in [5.41, 5.74) is 1.18. The van der Waals surface area contributed by atoms with Crippen molar-refractivity contribution >= 4 is 24.0 Å². The van der Waals surface area contributed by atoms with Gasteiger partial charge < -0.3 is 19.1 Å². The summed E-state index contributed by atoms with van der Waals surface area (Å²) >= 11 is 0. The van der Waals surface area contributed by atoms with E-state index in [2.05, 4.69) is 5.32 Å². The Bertz CT molecular complexity index is 665. The molecule has 0 aliphatic carbocycles. The minimum atomic E-state index is -0.820. The number of ether oxygens (including phenoxy) is 3. The summed E-state index contributed by atoms with van der Waals surface area (Å²) in [4.78, 5) is 35.8. The molecule has 9 heteroatoms. The second kappa shape index (κ2) is 14.0. The molecular formula is C20H29N3O6. The van der Waals surface area contributed by atoms with Crippen LogP contribution in [-0.2, 0) is 30.2 Å². The number of carbonyl (C=O) groups excluding carboxylic acids is 3. The van der Waals surface area contributed by atoms with Crippen LogP contribution in [0.5, 0.6) is 0 Å². The van der Waals surface area contributed by atoms with Crippen LogP contribution in [-0.4, -0.2) is 62.3 Å². The first-order valence-corrected chi connectivity index (χ1v) is 9.51. The van der Waals surface area contributed by atoms with Gasteiger partial charge in [-0.3, -0.25) is 20.3 Å². The molecule has 1 amide bonds. The summed E-state index contributed by atoms with van der Waals surface area (Å²) in [6, 6.07) is 9.90. The highest BCUT2D eigenvalue weighted by Crippen LogP contribution is 2.05. The minimum absolute atomic E-state index is 0.0397. The fraction of sp³-hybridized carbons (Fsp3) is 0.500. The number of amides is 1. The number of likely N-dealkylation sites (N-methyl/N-ethyl adjacent to an activating group) is 1. The van der Waals surface area contributed by atoms with Gasteiger partial charge in [0.1, 0.15) is 6.54 Å². The van der Waals surface area contributed by atoms with Crippen molar-refractivity contribution in [1.82, 2.24) is 10.2 Å². The topological polar surface area (TPSA) is 118 Å². The molecule has 0 spiro atoms. The molecule has 0 aliphatic heterocycles. The van der Waals surface area contributed by atoms with Gasteiger partial charge in [-0.1, -0.05) is 30.3 Å². The third-order valence-corrected chi connectivity index (χ3v) is 3.75. The number of carbonyl (C=O) groups is 3. The number of esters is 2. The van der Waals surface area contributed by atoms with Crippen molar-refractivity contribution in [2.75, 3.05) is 33.4 Å². The summed E-state index contributed by atoms with van der Waals surface area (Å²) in [5, 5.41) is 9.89. The zero-order valence-electron chi connectivity index (χ0n) is 16.9. The third kappa shape index (κ3) is 11.4. The van der Waals surface area contributed by atoms with Gasteiger partial charge in [-0.25, -0.2) is 4.79 Å². The zero-order chi connectivity index (χ0) is 21.5. The number of guanidine groups is 1. The Balaban J connectivity index is 2.07. The molecule has 9 nitrogen and oxygen atoms in total. The summed E-state index contributed by atoms with van der Waals surface area (Å²) in [7, 11) is 1.47. The van der Waals surface area contributed by atoms with Crippen molar-refractivity contribution in [3.8, 4) is 0 Å². The summed E-state index contributed by atoms with van der Waals surface area (Å²) < 4.78 is 14.8. The first-order chi connectivity index (χ1) is 13.9. The molecule has 0 saturated heterocycles. The van der Waals surface area contributed by atoms with E-state index in [0.29, 0.717) is 19.3 Å². The number of hydrogen-bond acceptors (Lipinski definition) is 7. The lowest BCUT2D eigenvalue weighted by Gasteiger charge is -2.18. The van der Waals surface area contributed by atoms with E-state index in [1.54, 1.807) is 6.92 Å².